The molecule has 0 aromatic carbocycles. The van der Waals surface area contributed by atoms with Gasteiger partial charge in [-0.15, -0.1) is 24.0 Å². The molecule has 17 heavy (non-hydrogen) atoms. The molecule has 1 saturated heterocycles. The van der Waals surface area contributed by atoms with E-state index in [1.165, 1.54) is 37.9 Å². The van der Waals surface area contributed by atoms with Crippen molar-refractivity contribution in [3.8, 4) is 0 Å². The first-order chi connectivity index (χ1) is 7.86. The highest BCUT2D eigenvalue weighted by atomic mass is 127. The summed E-state index contributed by atoms with van der Waals surface area (Å²) in [4.78, 5) is 4.23. The Kier molecular flexibility index (Phi) is 11.7. The van der Waals surface area contributed by atoms with Crippen LogP contribution in [0.1, 0.15) is 39.0 Å². The molecule has 1 rings (SSSR count). The first-order valence-corrected chi connectivity index (χ1v) is 7.47. The van der Waals surface area contributed by atoms with Crippen molar-refractivity contribution in [1.82, 2.24) is 10.6 Å². The molecule has 2 N–H and O–H groups in total. The fourth-order valence-electron chi connectivity index (χ4n) is 1.82. The highest BCUT2D eigenvalue weighted by Crippen LogP contribution is 2.25. The molecule has 0 aromatic heterocycles. The molecule has 1 unspecified atom stereocenters. The molecule has 1 heterocycles. The number of hydrogen-bond acceptors (Lipinski definition) is 2. The van der Waals surface area contributed by atoms with Gasteiger partial charge in [0, 0.05) is 25.4 Å². The Morgan fingerprint density at radius 1 is 1.35 bits per heavy atom. The van der Waals surface area contributed by atoms with Crippen LogP contribution in [0.15, 0.2) is 4.99 Å². The molecule has 102 valence electrons. The zero-order valence-electron chi connectivity index (χ0n) is 11.0. The predicted molar refractivity (Wildman–Crippen MR) is 89.8 cm³/mol. The summed E-state index contributed by atoms with van der Waals surface area (Å²) in [7, 11) is 1.84. The van der Waals surface area contributed by atoms with Crippen LogP contribution in [-0.2, 0) is 0 Å². The first-order valence-electron chi connectivity index (χ1n) is 6.43. The van der Waals surface area contributed by atoms with Crippen molar-refractivity contribution in [1.29, 1.82) is 0 Å². The van der Waals surface area contributed by atoms with Gasteiger partial charge >= 0.3 is 0 Å². The number of thioether (sulfide) groups is 1. The lowest BCUT2D eigenvalue weighted by Crippen LogP contribution is -2.40. The van der Waals surface area contributed by atoms with E-state index in [1.807, 2.05) is 7.05 Å². The van der Waals surface area contributed by atoms with Crippen molar-refractivity contribution < 1.29 is 0 Å². The maximum atomic E-state index is 4.23. The van der Waals surface area contributed by atoms with Crippen molar-refractivity contribution in [2.75, 3.05) is 25.9 Å². The summed E-state index contributed by atoms with van der Waals surface area (Å²) in [6.45, 7) is 4.31. The number of aliphatic imine (C=N–C) groups is 1. The van der Waals surface area contributed by atoms with E-state index in [-0.39, 0.29) is 24.0 Å². The van der Waals surface area contributed by atoms with Crippen LogP contribution in [0.3, 0.4) is 0 Å². The molecule has 0 spiro atoms. The number of guanidine groups is 1. The zero-order valence-corrected chi connectivity index (χ0v) is 14.1. The lowest BCUT2D eigenvalue weighted by molar-refractivity contribution is 0.675. The maximum absolute atomic E-state index is 4.23. The molecular formula is C12H26IN3S. The van der Waals surface area contributed by atoms with Crippen molar-refractivity contribution in [2.45, 2.75) is 44.3 Å². The molecule has 1 atom stereocenters. The van der Waals surface area contributed by atoms with Gasteiger partial charge in [-0.1, -0.05) is 19.8 Å². The van der Waals surface area contributed by atoms with Gasteiger partial charge in [0.2, 0.25) is 0 Å². The van der Waals surface area contributed by atoms with E-state index in [0.717, 1.165) is 24.3 Å². The summed E-state index contributed by atoms with van der Waals surface area (Å²) >= 11 is 2.08. The molecule has 1 fully saturated rings. The van der Waals surface area contributed by atoms with Crippen LogP contribution in [-0.4, -0.2) is 37.1 Å². The van der Waals surface area contributed by atoms with Gasteiger partial charge in [-0.3, -0.25) is 4.99 Å². The Labute approximate surface area is 127 Å². The summed E-state index contributed by atoms with van der Waals surface area (Å²) in [5.74, 6) is 2.29. The Bertz CT molecular complexity index is 206. The fraction of sp³-hybridized carbons (Fsp3) is 0.917. The summed E-state index contributed by atoms with van der Waals surface area (Å²) < 4.78 is 0. The van der Waals surface area contributed by atoms with Crippen LogP contribution in [0, 0.1) is 0 Å². The van der Waals surface area contributed by atoms with E-state index < -0.39 is 0 Å². The topological polar surface area (TPSA) is 36.4 Å². The van der Waals surface area contributed by atoms with Crippen LogP contribution in [0.4, 0.5) is 0 Å². The Balaban J connectivity index is 0.00000256. The third-order valence-corrected chi connectivity index (χ3v) is 4.22. The minimum Gasteiger partial charge on any atom is -0.356 e. The summed E-state index contributed by atoms with van der Waals surface area (Å²) in [5.41, 5.74) is 0. The van der Waals surface area contributed by atoms with Crippen molar-refractivity contribution in [3.63, 3.8) is 0 Å². The molecule has 1 aliphatic rings. The van der Waals surface area contributed by atoms with Crippen LogP contribution in [0.2, 0.25) is 0 Å². The molecule has 5 heteroatoms. The minimum absolute atomic E-state index is 0. The third kappa shape index (κ3) is 8.13. The van der Waals surface area contributed by atoms with Gasteiger partial charge in [0.1, 0.15) is 0 Å². The average Bonchev–Trinajstić information content (AvgIpc) is 2.81. The second-order valence-corrected chi connectivity index (χ2v) is 5.63. The fourth-order valence-corrected chi connectivity index (χ4v) is 3.02. The molecular weight excluding hydrogens is 345 g/mol. The quantitative estimate of drug-likeness (QED) is 0.326. The van der Waals surface area contributed by atoms with Gasteiger partial charge in [0.25, 0.3) is 0 Å². The monoisotopic (exact) mass is 371 g/mol. The van der Waals surface area contributed by atoms with E-state index in [0.29, 0.717) is 0 Å². The van der Waals surface area contributed by atoms with E-state index in [1.54, 1.807) is 0 Å². The van der Waals surface area contributed by atoms with Gasteiger partial charge < -0.3 is 10.6 Å². The predicted octanol–water partition coefficient (Wildman–Crippen LogP) is 2.86. The van der Waals surface area contributed by atoms with Gasteiger partial charge in [-0.05, 0) is 25.0 Å². The standard InChI is InChI=1S/C12H25N3S.HI/c1-3-4-5-8-14-12(13-2)15-10-11-7-6-9-16-11;/h11H,3-10H2,1-2H3,(H2,13,14,15);1H. The van der Waals surface area contributed by atoms with Crippen molar-refractivity contribution in [2.24, 2.45) is 4.99 Å². The molecule has 0 amide bonds. The highest BCUT2D eigenvalue weighted by Gasteiger charge is 2.15. The van der Waals surface area contributed by atoms with E-state index in [4.69, 9.17) is 0 Å². The Hall–Kier alpha value is 0.350. The van der Waals surface area contributed by atoms with E-state index in [9.17, 15) is 0 Å². The van der Waals surface area contributed by atoms with Crippen molar-refractivity contribution in [3.05, 3.63) is 0 Å². The Morgan fingerprint density at radius 2 is 2.18 bits per heavy atom. The third-order valence-electron chi connectivity index (χ3n) is 2.82. The second-order valence-electron chi connectivity index (χ2n) is 4.22. The second kappa shape index (κ2) is 11.4. The van der Waals surface area contributed by atoms with Gasteiger partial charge in [-0.2, -0.15) is 11.8 Å². The normalized spacial score (nSPS) is 19.9. The van der Waals surface area contributed by atoms with Crippen LogP contribution < -0.4 is 10.6 Å². The number of halogens is 1. The van der Waals surface area contributed by atoms with Crippen LogP contribution >= 0.6 is 35.7 Å². The highest BCUT2D eigenvalue weighted by molar-refractivity contribution is 14.0. The van der Waals surface area contributed by atoms with Crippen LogP contribution in [0.5, 0.6) is 0 Å². The molecule has 0 aliphatic carbocycles. The number of hydrogen-bond donors (Lipinski definition) is 2. The summed E-state index contributed by atoms with van der Waals surface area (Å²) in [6, 6.07) is 0. The molecule has 3 nitrogen and oxygen atoms in total. The van der Waals surface area contributed by atoms with Gasteiger partial charge in [0.05, 0.1) is 0 Å². The van der Waals surface area contributed by atoms with Crippen LogP contribution in [0.25, 0.3) is 0 Å². The maximum Gasteiger partial charge on any atom is 0.191 e. The molecule has 0 saturated carbocycles. The Morgan fingerprint density at radius 3 is 2.76 bits per heavy atom. The summed E-state index contributed by atoms with van der Waals surface area (Å²) in [6.07, 6.45) is 6.52. The average molecular weight is 371 g/mol. The van der Waals surface area contributed by atoms with Gasteiger partial charge in [-0.25, -0.2) is 0 Å². The number of rotatable bonds is 6. The SMILES string of the molecule is CCCCCNC(=NC)NCC1CCCS1.I. The number of nitrogens with zero attached hydrogens (tertiary/aromatic N) is 1. The lowest BCUT2D eigenvalue weighted by atomic mass is 10.2. The van der Waals surface area contributed by atoms with Gasteiger partial charge in [0.15, 0.2) is 5.96 Å². The minimum atomic E-state index is 0. The summed E-state index contributed by atoms with van der Waals surface area (Å²) in [5, 5.41) is 7.55. The largest absolute Gasteiger partial charge is 0.356 e. The molecule has 0 radical (unpaired) electrons. The number of nitrogens with one attached hydrogen (secondary N) is 2. The molecule has 1 aliphatic heterocycles. The number of unbranched alkanes of at least 4 members (excludes halogenated alkanes) is 2. The molecule has 0 bridgehead atoms. The van der Waals surface area contributed by atoms with Crippen molar-refractivity contribution >= 4 is 41.7 Å². The lowest BCUT2D eigenvalue weighted by Gasteiger charge is -2.14. The first kappa shape index (κ1) is 17.4. The smallest absolute Gasteiger partial charge is 0.191 e. The van der Waals surface area contributed by atoms with E-state index in [2.05, 4.69) is 34.3 Å². The molecule has 0 aromatic rings. The van der Waals surface area contributed by atoms with E-state index >= 15 is 0 Å². The zero-order chi connectivity index (χ0) is 11.6.